The highest BCUT2D eigenvalue weighted by Gasteiger charge is 2.28. The molecule has 3 N–H and O–H groups in total. The summed E-state index contributed by atoms with van der Waals surface area (Å²) in [6, 6.07) is 4.39. The Hall–Kier alpha value is -1.47. The van der Waals surface area contributed by atoms with E-state index in [1.165, 1.54) is 6.07 Å². The van der Waals surface area contributed by atoms with Crippen LogP contribution in [-0.2, 0) is 4.79 Å². The third-order valence-electron chi connectivity index (χ3n) is 3.57. The molecule has 1 aromatic carbocycles. The van der Waals surface area contributed by atoms with Crippen molar-refractivity contribution in [3.63, 3.8) is 0 Å². The topological polar surface area (TPSA) is 98.3 Å². The molecule has 1 aliphatic carbocycles. The average molecular weight is 342 g/mol. The number of halogens is 1. The highest BCUT2D eigenvalue weighted by Crippen LogP contribution is 2.29. The molecule has 2 unspecified atom stereocenters. The maximum atomic E-state index is 12.2. The van der Waals surface area contributed by atoms with Crippen molar-refractivity contribution in [2.45, 2.75) is 31.7 Å². The first-order valence-corrected chi connectivity index (χ1v) is 7.28. The Morgan fingerprint density at radius 3 is 2.75 bits per heavy atom. The summed E-state index contributed by atoms with van der Waals surface area (Å²) in [5, 5.41) is 13.6. The first-order chi connectivity index (χ1) is 9.49. The number of anilines is 1. The second kappa shape index (κ2) is 6.32. The molecule has 0 saturated heterocycles. The van der Waals surface area contributed by atoms with E-state index in [4.69, 9.17) is 5.73 Å². The normalized spacial score (nSPS) is 22.3. The molecule has 1 saturated carbocycles. The van der Waals surface area contributed by atoms with Gasteiger partial charge in [-0.2, -0.15) is 0 Å². The van der Waals surface area contributed by atoms with Crippen LogP contribution in [0.25, 0.3) is 0 Å². The van der Waals surface area contributed by atoms with E-state index in [9.17, 15) is 14.9 Å². The molecular weight excluding hydrogens is 326 g/mol. The van der Waals surface area contributed by atoms with Gasteiger partial charge in [0.15, 0.2) is 0 Å². The number of nitrogens with zero attached hydrogens (tertiary/aromatic N) is 1. The van der Waals surface area contributed by atoms with Crippen LogP contribution < -0.4 is 11.1 Å². The largest absolute Gasteiger partial charge is 0.327 e. The lowest BCUT2D eigenvalue weighted by Crippen LogP contribution is -2.40. The van der Waals surface area contributed by atoms with E-state index in [1.54, 1.807) is 12.1 Å². The fourth-order valence-corrected chi connectivity index (χ4v) is 2.84. The van der Waals surface area contributed by atoms with Crippen molar-refractivity contribution in [1.29, 1.82) is 0 Å². The molecule has 0 spiro atoms. The molecule has 2 atom stereocenters. The van der Waals surface area contributed by atoms with Crippen molar-refractivity contribution in [3.8, 4) is 0 Å². The minimum Gasteiger partial charge on any atom is -0.327 e. The molecule has 0 bridgehead atoms. The van der Waals surface area contributed by atoms with E-state index < -0.39 is 4.92 Å². The molecule has 6 nitrogen and oxygen atoms in total. The summed E-state index contributed by atoms with van der Waals surface area (Å²) in [6.07, 6.45) is 3.66. The van der Waals surface area contributed by atoms with Gasteiger partial charge in [-0.3, -0.25) is 14.9 Å². The van der Waals surface area contributed by atoms with Crippen LogP contribution in [0.2, 0.25) is 0 Å². The quantitative estimate of drug-likeness (QED) is 0.652. The van der Waals surface area contributed by atoms with E-state index in [2.05, 4.69) is 21.2 Å². The molecule has 1 amide bonds. The highest BCUT2D eigenvalue weighted by atomic mass is 79.9. The third-order valence-corrected chi connectivity index (χ3v) is 4.24. The summed E-state index contributed by atoms with van der Waals surface area (Å²) in [5.41, 5.74) is 6.30. The SMILES string of the molecule is NC1CCCCC1C(=O)Nc1ccc(Br)c([N+](=O)[O-])c1. The summed E-state index contributed by atoms with van der Waals surface area (Å²) in [7, 11) is 0. The Morgan fingerprint density at radius 2 is 2.10 bits per heavy atom. The minimum atomic E-state index is -0.494. The standard InChI is InChI=1S/C13H16BrN3O3/c14-10-6-5-8(7-12(10)17(19)20)16-13(18)9-3-1-2-4-11(9)15/h5-7,9,11H,1-4,15H2,(H,16,18). The lowest BCUT2D eigenvalue weighted by atomic mass is 9.84. The number of nitrogens with two attached hydrogens (primary N) is 1. The van der Waals surface area contributed by atoms with Crippen molar-refractivity contribution in [2.24, 2.45) is 11.7 Å². The molecule has 20 heavy (non-hydrogen) atoms. The summed E-state index contributed by atoms with van der Waals surface area (Å²) in [5.74, 6) is -0.375. The highest BCUT2D eigenvalue weighted by molar-refractivity contribution is 9.10. The van der Waals surface area contributed by atoms with E-state index in [0.717, 1.165) is 25.7 Å². The number of nitrogens with one attached hydrogen (secondary N) is 1. The zero-order chi connectivity index (χ0) is 14.7. The molecule has 0 aliphatic heterocycles. The van der Waals surface area contributed by atoms with Gasteiger partial charge in [0.2, 0.25) is 5.91 Å². The Bertz CT molecular complexity index is 536. The van der Waals surface area contributed by atoms with Crippen molar-refractivity contribution in [2.75, 3.05) is 5.32 Å². The summed E-state index contributed by atoms with van der Waals surface area (Å²) in [4.78, 5) is 22.5. The lowest BCUT2D eigenvalue weighted by Gasteiger charge is -2.27. The number of hydrogen-bond donors (Lipinski definition) is 2. The number of nitro benzene ring substituents is 1. The number of carbonyl (C=O) groups is 1. The zero-order valence-electron chi connectivity index (χ0n) is 10.8. The van der Waals surface area contributed by atoms with Gasteiger partial charge < -0.3 is 11.1 Å². The molecule has 7 heteroatoms. The number of benzene rings is 1. The molecule has 0 aromatic heterocycles. The first kappa shape index (κ1) is 14.9. The fourth-order valence-electron chi connectivity index (χ4n) is 2.45. The molecular formula is C13H16BrN3O3. The maximum absolute atomic E-state index is 12.2. The zero-order valence-corrected chi connectivity index (χ0v) is 12.4. The van der Waals surface area contributed by atoms with Crippen LogP contribution >= 0.6 is 15.9 Å². The van der Waals surface area contributed by atoms with Gasteiger partial charge in [-0.1, -0.05) is 12.8 Å². The monoisotopic (exact) mass is 341 g/mol. The van der Waals surface area contributed by atoms with Gasteiger partial charge in [-0.25, -0.2) is 0 Å². The summed E-state index contributed by atoms with van der Waals surface area (Å²) in [6.45, 7) is 0. The van der Waals surface area contributed by atoms with Gasteiger partial charge in [-0.05, 0) is 40.9 Å². The van der Waals surface area contributed by atoms with E-state index in [0.29, 0.717) is 10.2 Å². The smallest absolute Gasteiger partial charge is 0.285 e. The second-order valence-electron chi connectivity index (χ2n) is 4.97. The van der Waals surface area contributed by atoms with Crippen LogP contribution in [0.1, 0.15) is 25.7 Å². The van der Waals surface area contributed by atoms with Crippen LogP contribution in [0, 0.1) is 16.0 Å². The van der Waals surface area contributed by atoms with Crippen LogP contribution in [-0.4, -0.2) is 16.9 Å². The Kier molecular flexibility index (Phi) is 4.72. The Balaban J connectivity index is 2.11. The second-order valence-corrected chi connectivity index (χ2v) is 5.82. The summed E-state index contributed by atoms with van der Waals surface area (Å²) < 4.78 is 0.384. The molecule has 1 aliphatic rings. The predicted octanol–water partition coefficient (Wildman–Crippen LogP) is 2.81. The average Bonchev–Trinajstić information content (AvgIpc) is 2.41. The van der Waals surface area contributed by atoms with Crippen LogP contribution in [0.5, 0.6) is 0 Å². The fraction of sp³-hybridized carbons (Fsp3) is 0.462. The van der Waals surface area contributed by atoms with Gasteiger partial charge in [0.05, 0.1) is 15.3 Å². The van der Waals surface area contributed by atoms with Gasteiger partial charge >= 0.3 is 0 Å². The number of amides is 1. The van der Waals surface area contributed by atoms with Crippen molar-refractivity contribution < 1.29 is 9.72 Å². The summed E-state index contributed by atoms with van der Waals surface area (Å²) >= 11 is 3.11. The van der Waals surface area contributed by atoms with Gasteiger partial charge in [0.25, 0.3) is 5.69 Å². The number of rotatable bonds is 3. The molecule has 0 radical (unpaired) electrons. The van der Waals surface area contributed by atoms with Gasteiger partial charge in [-0.15, -0.1) is 0 Å². The Morgan fingerprint density at radius 1 is 1.40 bits per heavy atom. The first-order valence-electron chi connectivity index (χ1n) is 6.49. The number of nitro groups is 1. The molecule has 2 rings (SSSR count). The van der Waals surface area contributed by atoms with Crippen molar-refractivity contribution in [1.82, 2.24) is 0 Å². The van der Waals surface area contributed by atoms with Gasteiger partial charge in [0, 0.05) is 17.8 Å². The number of carbonyl (C=O) groups excluding carboxylic acids is 1. The number of hydrogen-bond acceptors (Lipinski definition) is 4. The molecule has 1 fully saturated rings. The van der Waals surface area contributed by atoms with Gasteiger partial charge in [0.1, 0.15) is 0 Å². The molecule has 108 valence electrons. The lowest BCUT2D eigenvalue weighted by molar-refractivity contribution is -0.385. The Labute approximate surface area is 125 Å². The van der Waals surface area contributed by atoms with E-state index in [1.807, 2.05) is 0 Å². The van der Waals surface area contributed by atoms with Crippen LogP contribution in [0.3, 0.4) is 0 Å². The van der Waals surface area contributed by atoms with Crippen molar-refractivity contribution in [3.05, 3.63) is 32.8 Å². The predicted molar refractivity (Wildman–Crippen MR) is 79.4 cm³/mol. The van der Waals surface area contributed by atoms with E-state index in [-0.39, 0.29) is 23.6 Å². The van der Waals surface area contributed by atoms with E-state index >= 15 is 0 Å². The minimum absolute atomic E-state index is 0.0734. The van der Waals surface area contributed by atoms with Crippen molar-refractivity contribution >= 4 is 33.2 Å². The van der Waals surface area contributed by atoms with Crippen LogP contribution in [0.4, 0.5) is 11.4 Å². The molecule has 1 aromatic rings. The van der Waals surface area contributed by atoms with Crippen LogP contribution in [0.15, 0.2) is 22.7 Å². The molecule has 0 heterocycles. The third kappa shape index (κ3) is 3.34. The maximum Gasteiger partial charge on any atom is 0.285 e.